The van der Waals surface area contributed by atoms with Crippen molar-refractivity contribution in [3.05, 3.63) is 125 Å². The second-order valence-electron chi connectivity index (χ2n) is 11.7. The van der Waals surface area contributed by atoms with Gasteiger partial charge in [-0.15, -0.1) is 11.8 Å². The average molecular weight is 529 g/mol. The Balaban J connectivity index is 1.41. The molecule has 4 aromatic rings. The first-order valence-electron chi connectivity index (χ1n) is 13.9. The summed E-state index contributed by atoms with van der Waals surface area (Å²) in [5.41, 5.74) is 2.11. The zero-order valence-electron chi connectivity index (χ0n) is 21.5. The molecule has 5 heteroatoms. The van der Waals surface area contributed by atoms with Gasteiger partial charge in [-0.25, -0.2) is 0 Å². The summed E-state index contributed by atoms with van der Waals surface area (Å²) < 4.78 is 0. The fourth-order valence-corrected chi connectivity index (χ4v) is 10.7. The van der Waals surface area contributed by atoms with Crippen molar-refractivity contribution in [3.8, 4) is 0 Å². The fourth-order valence-electron chi connectivity index (χ4n) is 9.18. The molecular weight excluding hydrogens is 500 g/mol. The van der Waals surface area contributed by atoms with Crippen molar-refractivity contribution >= 4 is 34.4 Å². The van der Waals surface area contributed by atoms with Crippen LogP contribution in [0.15, 0.2) is 103 Å². The minimum Gasteiger partial charge on any atom is -0.369 e. The zero-order chi connectivity index (χ0) is 26.0. The van der Waals surface area contributed by atoms with Gasteiger partial charge < -0.3 is 5.11 Å². The lowest BCUT2D eigenvalue weighted by Crippen LogP contribution is -2.61. The molecule has 0 amide bonds. The quantitative estimate of drug-likeness (QED) is 0.356. The summed E-state index contributed by atoms with van der Waals surface area (Å²) >= 11 is 1.95. The van der Waals surface area contributed by atoms with Crippen LogP contribution in [0.2, 0.25) is 0 Å². The summed E-state index contributed by atoms with van der Waals surface area (Å²) in [7, 11) is 0. The van der Waals surface area contributed by atoms with Crippen LogP contribution >= 0.6 is 11.8 Å². The molecule has 5 aliphatic rings. The van der Waals surface area contributed by atoms with Gasteiger partial charge in [-0.1, -0.05) is 97.1 Å². The van der Waals surface area contributed by atoms with Gasteiger partial charge in [0, 0.05) is 42.4 Å². The number of hydrogen-bond donors (Lipinski definition) is 1. The van der Waals surface area contributed by atoms with E-state index in [1.807, 2.05) is 30.0 Å². The van der Waals surface area contributed by atoms with Crippen molar-refractivity contribution in [3.63, 3.8) is 0 Å². The highest BCUT2D eigenvalue weighted by atomic mass is 32.2. The third-order valence-corrected chi connectivity index (χ3v) is 11.5. The number of carbonyl (C=O) groups excluding carboxylic acids is 1. The standard InChI is InChI=1S/C34H28N2O2S/c37-30-25(19-22-9-3-1-4-10-22)20-35-21-32(30)29(24-11-5-2-6-12-24)31-36(17-18-39-31)33(32)26-15-7-13-23-14-8-16-27(28(23)26)34(33,35)38/h1-16,19,29,31,38H,17-18,20-21H2/b25-19+/t29-,31-,32-,33+,34+/m1/s1. The number of aliphatic hydroxyl groups is 1. The highest BCUT2D eigenvalue weighted by Gasteiger charge is 2.87. The van der Waals surface area contributed by atoms with Gasteiger partial charge in [0.2, 0.25) is 0 Å². The Morgan fingerprint density at radius 1 is 0.872 bits per heavy atom. The van der Waals surface area contributed by atoms with E-state index in [1.54, 1.807) is 0 Å². The molecule has 4 heterocycles. The maximum Gasteiger partial charge on any atom is 0.170 e. The van der Waals surface area contributed by atoms with Crippen molar-refractivity contribution in [2.75, 3.05) is 25.4 Å². The lowest BCUT2D eigenvalue weighted by Gasteiger charge is -2.48. The van der Waals surface area contributed by atoms with Gasteiger partial charge in [-0.3, -0.25) is 14.6 Å². The third-order valence-electron chi connectivity index (χ3n) is 10.3. The summed E-state index contributed by atoms with van der Waals surface area (Å²) in [5.74, 6) is 1.15. The summed E-state index contributed by atoms with van der Waals surface area (Å²) in [5, 5.41) is 15.8. The van der Waals surface area contributed by atoms with E-state index in [0.29, 0.717) is 13.1 Å². The Morgan fingerprint density at radius 2 is 1.59 bits per heavy atom. The van der Waals surface area contributed by atoms with Gasteiger partial charge >= 0.3 is 0 Å². The molecule has 0 radical (unpaired) electrons. The van der Waals surface area contributed by atoms with Crippen LogP contribution in [-0.4, -0.2) is 51.5 Å². The largest absolute Gasteiger partial charge is 0.369 e. The number of rotatable bonds is 2. The number of piperidine rings is 1. The number of ketones is 1. The van der Waals surface area contributed by atoms with Crippen LogP contribution < -0.4 is 0 Å². The summed E-state index contributed by atoms with van der Waals surface area (Å²) in [6.07, 6.45) is 2.07. The van der Waals surface area contributed by atoms with Crippen molar-refractivity contribution in [1.82, 2.24) is 9.80 Å². The Hall–Kier alpha value is -3.22. The van der Waals surface area contributed by atoms with Gasteiger partial charge in [0.05, 0.1) is 10.8 Å². The second-order valence-corrected chi connectivity index (χ2v) is 12.9. The lowest BCUT2D eigenvalue weighted by molar-refractivity contribution is -0.172. The van der Waals surface area contributed by atoms with Gasteiger partial charge in [0.1, 0.15) is 5.54 Å². The molecule has 1 N–H and O–H groups in total. The number of hydrogen-bond acceptors (Lipinski definition) is 5. The van der Waals surface area contributed by atoms with E-state index in [0.717, 1.165) is 45.3 Å². The van der Waals surface area contributed by atoms with E-state index in [9.17, 15) is 5.11 Å². The van der Waals surface area contributed by atoms with Crippen LogP contribution in [-0.2, 0) is 16.1 Å². The van der Waals surface area contributed by atoms with Gasteiger partial charge in [0.15, 0.2) is 11.5 Å². The predicted molar refractivity (Wildman–Crippen MR) is 155 cm³/mol. The predicted octanol–water partition coefficient (Wildman–Crippen LogP) is 5.33. The number of Topliss-reactive ketones (excluding diaryl/α,β-unsaturated/α-hetero) is 1. The lowest BCUT2D eigenvalue weighted by atomic mass is 9.57. The van der Waals surface area contributed by atoms with Crippen LogP contribution in [0, 0.1) is 5.41 Å². The number of benzene rings is 4. The molecular formula is C34H28N2O2S. The molecule has 9 rings (SSSR count). The molecule has 1 aliphatic carbocycles. The molecule has 39 heavy (non-hydrogen) atoms. The Kier molecular flexibility index (Phi) is 4.34. The Labute approximate surface area is 231 Å². The highest BCUT2D eigenvalue weighted by Crippen LogP contribution is 2.79. The average Bonchev–Trinajstić information content (AvgIpc) is 3.64. The van der Waals surface area contributed by atoms with Crippen molar-refractivity contribution < 1.29 is 9.90 Å². The van der Waals surface area contributed by atoms with Gasteiger partial charge in [-0.2, -0.15) is 0 Å². The monoisotopic (exact) mass is 528 g/mol. The Morgan fingerprint density at radius 3 is 2.36 bits per heavy atom. The van der Waals surface area contributed by atoms with Crippen LogP contribution in [0.4, 0.5) is 0 Å². The molecule has 0 saturated carbocycles. The third kappa shape index (κ3) is 2.36. The second kappa shape index (κ2) is 7.49. The van der Waals surface area contributed by atoms with E-state index in [2.05, 4.69) is 94.7 Å². The molecule has 0 aromatic heterocycles. The van der Waals surface area contributed by atoms with E-state index >= 15 is 4.79 Å². The number of fused-ring (bicyclic) bond motifs is 4. The molecule has 192 valence electrons. The molecule has 2 spiro atoms. The van der Waals surface area contributed by atoms with Crippen molar-refractivity contribution in [2.24, 2.45) is 5.41 Å². The van der Waals surface area contributed by atoms with Gasteiger partial charge in [-0.05, 0) is 33.5 Å². The summed E-state index contributed by atoms with van der Waals surface area (Å²) in [4.78, 5) is 20.1. The summed E-state index contributed by atoms with van der Waals surface area (Å²) in [6, 6.07) is 33.6. The van der Waals surface area contributed by atoms with E-state index in [1.165, 1.54) is 5.56 Å². The maximum atomic E-state index is 15.3. The minimum atomic E-state index is -1.30. The summed E-state index contributed by atoms with van der Waals surface area (Å²) in [6.45, 7) is 1.84. The number of carbonyl (C=O) groups is 1. The fraction of sp³-hybridized carbons (Fsp3) is 0.265. The molecule has 4 nitrogen and oxygen atoms in total. The molecule has 6 atom stereocenters. The van der Waals surface area contributed by atoms with Crippen molar-refractivity contribution in [2.45, 2.75) is 22.6 Å². The van der Waals surface area contributed by atoms with Crippen molar-refractivity contribution in [1.29, 1.82) is 0 Å². The SMILES string of the molecule is O=C1/C(=C/c2ccccc2)CN2C[C@@]13[C@H](c1ccccc1)[C@H]1SCCN1[C@@]31c3cccc4cccc(c34)[C@@]21O. The highest BCUT2D eigenvalue weighted by molar-refractivity contribution is 8.00. The molecule has 4 fully saturated rings. The number of thioether (sulfide) groups is 1. The smallest absolute Gasteiger partial charge is 0.170 e. The zero-order valence-corrected chi connectivity index (χ0v) is 22.3. The molecule has 1 unspecified atom stereocenters. The maximum absolute atomic E-state index is 15.3. The first kappa shape index (κ1) is 22.6. The normalized spacial score (nSPS) is 36.9. The van der Waals surface area contributed by atoms with E-state index in [-0.39, 0.29) is 17.1 Å². The molecule has 4 aliphatic heterocycles. The van der Waals surface area contributed by atoms with E-state index < -0.39 is 16.7 Å². The number of nitrogens with zero attached hydrogens (tertiary/aromatic N) is 2. The van der Waals surface area contributed by atoms with Crippen LogP contribution in [0.1, 0.15) is 28.2 Å². The topological polar surface area (TPSA) is 43.8 Å². The Bertz CT molecular complexity index is 1720. The first-order valence-corrected chi connectivity index (χ1v) is 14.9. The molecule has 2 bridgehead atoms. The first-order chi connectivity index (χ1) is 19.1. The minimum absolute atomic E-state index is 0.0423. The molecule has 4 saturated heterocycles. The van der Waals surface area contributed by atoms with E-state index in [4.69, 9.17) is 0 Å². The van der Waals surface area contributed by atoms with Crippen LogP contribution in [0.5, 0.6) is 0 Å². The molecule has 4 aromatic carbocycles. The van der Waals surface area contributed by atoms with Crippen LogP contribution in [0.3, 0.4) is 0 Å². The van der Waals surface area contributed by atoms with Gasteiger partial charge in [0.25, 0.3) is 0 Å². The van der Waals surface area contributed by atoms with Crippen LogP contribution in [0.25, 0.3) is 16.8 Å².